The van der Waals surface area contributed by atoms with Gasteiger partial charge >= 0.3 is 0 Å². The molecule has 3 nitrogen and oxygen atoms in total. The molecule has 0 saturated heterocycles. The van der Waals surface area contributed by atoms with E-state index in [0.29, 0.717) is 11.8 Å². The third-order valence-electron chi connectivity index (χ3n) is 2.48. The number of methoxy groups -OCH3 is 1. The van der Waals surface area contributed by atoms with Gasteiger partial charge < -0.3 is 10.5 Å². The number of nitrogens with zero attached hydrogens (tertiary/aromatic N) is 1. The van der Waals surface area contributed by atoms with Gasteiger partial charge in [-0.1, -0.05) is 6.07 Å². The number of nitrogens with two attached hydrogens (primary N) is 1. The molecule has 1 aromatic heterocycles. The molecule has 13 heavy (non-hydrogen) atoms. The Hall–Kier alpha value is -1.09. The topological polar surface area (TPSA) is 48.1 Å². The van der Waals surface area contributed by atoms with Gasteiger partial charge in [0.15, 0.2) is 0 Å². The summed E-state index contributed by atoms with van der Waals surface area (Å²) in [6, 6.07) is 4.02. The van der Waals surface area contributed by atoms with Crippen molar-refractivity contribution in [1.29, 1.82) is 0 Å². The summed E-state index contributed by atoms with van der Waals surface area (Å²) in [7, 11) is 1.61. The van der Waals surface area contributed by atoms with Gasteiger partial charge in [0, 0.05) is 18.3 Å². The lowest BCUT2D eigenvalue weighted by molar-refractivity contribution is 0.397. The highest BCUT2D eigenvalue weighted by Gasteiger charge is 2.29. The maximum Gasteiger partial charge on any atom is 0.212 e. The minimum atomic E-state index is 0.165. The third-order valence-corrected chi connectivity index (χ3v) is 2.48. The first-order valence-electron chi connectivity index (χ1n) is 4.57. The van der Waals surface area contributed by atoms with E-state index in [1.165, 1.54) is 12.8 Å². The van der Waals surface area contributed by atoms with Crippen molar-refractivity contribution in [2.75, 3.05) is 7.11 Å². The van der Waals surface area contributed by atoms with Gasteiger partial charge in [-0.3, -0.25) is 0 Å². The van der Waals surface area contributed by atoms with Gasteiger partial charge in [0.05, 0.1) is 7.11 Å². The van der Waals surface area contributed by atoms with Crippen LogP contribution in [0.5, 0.6) is 5.88 Å². The van der Waals surface area contributed by atoms with Crippen LogP contribution in [0.3, 0.4) is 0 Å². The molecule has 1 aliphatic rings. The van der Waals surface area contributed by atoms with Crippen molar-refractivity contribution in [1.82, 2.24) is 4.98 Å². The fourth-order valence-corrected chi connectivity index (χ4v) is 1.44. The Kier molecular flexibility index (Phi) is 2.19. The molecule has 0 aliphatic heterocycles. The van der Waals surface area contributed by atoms with Crippen molar-refractivity contribution in [3.63, 3.8) is 0 Å². The van der Waals surface area contributed by atoms with E-state index in [2.05, 4.69) is 4.98 Å². The standard InChI is InChI=1S/C10H14N2O/c1-13-9-5-4-8(6-12-9)10(11)7-2-3-7/h4-7,10H,2-3,11H2,1H3/t10-/m1/s1. The summed E-state index contributed by atoms with van der Waals surface area (Å²) in [5.74, 6) is 1.32. The zero-order valence-electron chi connectivity index (χ0n) is 7.73. The summed E-state index contributed by atoms with van der Waals surface area (Å²) in [6.45, 7) is 0. The zero-order chi connectivity index (χ0) is 9.26. The number of hydrogen-bond acceptors (Lipinski definition) is 3. The van der Waals surface area contributed by atoms with Crippen LogP contribution < -0.4 is 10.5 Å². The molecule has 0 amide bonds. The lowest BCUT2D eigenvalue weighted by atomic mass is 10.1. The molecule has 0 bridgehead atoms. The van der Waals surface area contributed by atoms with E-state index in [-0.39, 0.29) is 6.04 Å². The summed E-state index contributed by atoms with van der Waals surface area (Å²) in [5.41, 5.74) is 7.13. The summed E-state index contributed by atoms with van der Waals surface area (Å²) in [5, 5.41) is 0. The number of ether oxygens (including phenoxy) is 1. The predicted molar refractivity (Wildman–Crippen MR) is 50.4 cm³/mol. The van der Waals surface area contributed by atoms with E-state index < -0.39 is 0 Å². The summed E-state index contributed by atoms with van der Waals surface area (Å²) in [4.78, 5) is 4.13. The van der Waals surface area contributed by atoms with Crippen LogP contribution >= 0.6 is 0 Å². The normalized spacial score (nSPS) is 18.3. The molecule has 70 valence electrons. The van der Waals surface area contributed by atoms with Gasteiger partial charge in [0.1, 0.15) is 0 Å². The molecule has 3 heteroatoms. The molecule has 1 fully saturated rings. The molecule has 0 radical (unpaired) electrons. The Labute approximate surface area is 77.9 Å². The van der Waals surface area contributed by atoms with E-state index in [4.69, 9.17) is 10.5 Å². The lowest BCUT2D eigenvalue weighted by Gasteiger charge is -2.09. The van der Waals surface area contributed by atoms with E-state index in [1.54, 1.807) is 7.11 Å². The largest absolute Gasteiger partial charge is 0.481 e. The lowest BCUT2D eigenvalue weighted by Crippen LogP contribution is -2.12. The average molecular weight is 178 g/mol. The smallest absolute Gasteiger partial charge is 0.212 e. The van der Waals surface area contributed by atoms with Crippen molar-refractivity contribution < 1.29 is 4.74 Å². The van der Waals surface area contributed by atoms with Crippen LogP contribution in [0, 0.1) is 5.92 Å². The van der Waals surface area contributed by atoms with E-state index in [0.717, 1.165) is 5.56 Å². The second-order valence-corrected chi connectivity index (χ2v) is 3.50. The van der Waals surface area contributed by atoms with Crippen molar-refractivity contribution in [3.8, 4) is 5.88 Å². The first kappa shape index (κ1) is 8.51. The van der Waals surface area contributed by atoms with Crippen LogP contribution in [-0.2, 0) is 0 Å². The molecule has 1 heterocycles. The SMILES string of the molecule is COc1ccc([C@H](N)C2CC2)cn1. The van der Waals surface area contributed by atoms with Crippen LogP contribution in [0.1, 0.15) is 24.4 Å². The maximum atomic E-state index is 6.01. The Morgan fingerprint density at radius 3 is 2.77 bits per heavy atom. The molecule has 2 rings (SSSR count). The van der Waals surface area contributed by atoms with E-state index in [9.17, 15) is 0 Å². The average Bonchev–Trinajstić information content (AvgIpc) is 3.00. The Morgan fingerprint density at radius 1 is 1.54 bits per heavy atom. The molecule has 1 atom stereocenters. The Bertz CT molecular complexity index is 279. The fraction of sp³-hybridized carbons (Fsp3) is 0.500. The highest BCUT2D eigenvalue weighted by Crippen LogP contribution is 2.39. The number of rotatable bonds is 3. The molecule has 0 aromatic carbocycles. The number of hydrogen-bond donors (Lipinski definition) is 1. The summed E-state index contributed by atoms with van der Waals surface area (Å²) >= 11 is 0. The second kappa shape index (κ2) is 3.34. The maximum absolute atomic E-state index is 6.01. The first-order valence-corrected chi connectivity index (χ1v) is 4.57. The van der Waals surface area contributed by atoms with Gasteiger partial charge in [-0.25, -0.2) is 4.98 Å². The van der Waals surface area contributed by atoms with Crippen molar-refractivity contribution >= 4 is 0 Å². The number of aromatic nitrogens is 1. The van der Waals surface area contributed by atoms with Crippen molar-refractivity contribution in [2.45, 2.75) is 18.9 Å². The van der Waals surface area contributed by atoms with Crippen LogP contribution in [0.4, 0.5) is 0 Å². The van der Waals surface area contributed by atoms with Gasteiger partial charge in [-0.2, -0.15) is 0 Å². The fourth-order valence-electron chi connectivity index (χ4n) is 1.44. The third kappa shape index (κ3) is 1.80. The van der Waals surface area contributed by atoms with Crippen LogP contribution in [0.2, 0.25) is 0 Å². The molecular weight excluding hydrogens is 164 g/mol. The van der Waals surface area contributed by atoms with Gasteiger partial charge in [0.25, 0.3) is 0 Å². The molecule has 1 saturated carbocycles. The van der Waals surface area contributed by atoms with E-state index >= 15 is 0 Å². The molecule has 0 unspecified atom stereocenters. The quantitative estimate of drug-likeness (QED) is 0.763. The van der Waals surface area contributed by atoms with Gasteiger partial charge in [-0.15, -0.1) is 0 Å². The minimum absolute atomic E-state index is 0.165. The molecular formula is C10H14N2O. The Balaban J connectivity index is 2.11. The second-order valence-electron chi connectivity index (χ2n) is 3.50. The molecule has 0 spiro atoms. The first-order chi connectivity index (χ1) is 6.31. The van der Waals surface area contributed by atoms with Gasteiger partial charge in [-0.05, 0) is 24.3 Å². The van der Waals surface area contributed by atoms with Crippen molar-refractivity contribution in [3.05, 3.63) is 23.9 Å². The van der Waals surface area contributed by atoms with Gasteiger partial charge in [0.2, 0.25) is 5.88 Å². The monoisotopic (exact) mass is 178 g/mol. The van der Waals surface area contributed by atoms with Crippen LogP contribution in [-0.4, -0.2) is 12.1 Å². The molecule has 1 aliphatic carbocycles. The van der Waals surface area contributed by atoms with E-state index in [1.807, 2.05) is 18.3 Å². The highest BCUT2D eigenvalue weighted by atomic mass is 16.5. The zero-order valence-corrected chi connectivity index (χ0v) is 7.73. The summed E-state index contributed by atoms with van der Waals surface area (Å²) in [6.07, 6.45) is 4.32. The highest BCUT2D eigenvalue weighted by molar-refractivity contribution is 5.21. The van der Waals surface area contributed by atoms with Crippen molar-refractivity contribution in [2.24, 2.45) is 11.7 Å². The molecule has 1 aromatic rings. The summed E-state index contributed by atoms with van der Waals surface area (Å²) < 4.78 is 4.97. The van der Waals surface area contributed by atoms with Crippen LogP contribution in [0.25, 0.3) is 0 Å². The van der Waals surface area contributed by atoms with Crippen LogP contribution in [0.15, 0.2) is 18.3 Å². The predicted octanol–water partition coefficient (Wildman–Crippen LogP) is 1.50. The Morgan fingerprint density at radius 2 is 2.31 bits per heavy atom. The number of pyridine rings is 1. The molecule has 2 N–H and O–H groups in total. The minimum Gasteiger partial charge on any atom is -0.481 e.